The van der Waals surface area contributed by atoms with Crippen molar-refractivity contribution < 1.29 is 4.74 Å². The van der Waals surface area contributed by atoms with Crippen LogP contribution in [0.3, 0.4) is 0 Å². The summed E-state index contributed by atoms with van der Waals surface area (Å²) in [6.45, 7) is 51.2. The van der Waals surface area contributed by atoms with Gasteiger partial charge in [0.25, 0.3) is 0 Å². The lowest BCUT2D eigenvalue weighted by atomic mass is 10.1. The molecule has 3 fully saturated rings. The predicted octanol–water partition coefficient (Wildman–Crippen LogP) is 14.0. The van der Waals surface area contributed by atoms with Gasteiger partial charge < -0.3 is 24.8 Å². The molecule has 20 nitrogen and oxygen atoms in total. The molecule has 0 saturated carbocycles. The van der Waals surface area contributed by atoms with Crippen molar-refractivity contribution in [1.29, 1.82) is 0 Å². The molecule has 0 amide bonds. The zero-order valence-electron chi connectivity index (χ0n) is 55.3. The summed E-state index contributed by atoms with van der Waals surface area (Å²) in [6, 6.07) is 5.90. The van der Waals surface area contributed by atoms with Gasteiger partial charge >= 0.3 is 0 Å². The van der Waals surface area contributed by atoms with Gasteiger partial charge in [-0.05, 0) is 58.2 Å². The number of imidazole rings is 3. The van der Waals surface area contributed by atoms with Crippen LogP contribution in [0.5, 0.6) is 0 Å². The minimum atomic E-state index is 0.681. The maximum atomic E-state index is 5.39. The SMILES string of the molecule is CC.CC.CC.CC.CC.CC.CC.CC.CC.Cc1nc2cnccn2c1-c1nccc(N2CCCCC2)n1.Cc1nc2cnccn2c1-c1nccc(N2CCNCC2)n1.Cc1nc2cnccn2c1-c1nccc(N2CCOCC2)n1. The highest BCUT2D eigenvalue weighted by Gasteiger charge is 2.20. The Morgan fingerprint density at radius 2 is 0.655 bits per heavy atom. The lowest BCUT2D eigenvalue weighted by molar-refractivity contribution is 0.122. The first-order chi connectivity index (χ1) is 41.5. The van der Waals surface area contributed by atoms with Gasteiger partial charge in [-0.25, -0.2) is 44.9 Å². The molecule has 1 N–H and O–H groups in total. The minimum absolute atomic E-state index is 0.681. The monoisotopic (exact) mass is 1160 g/mol. The Hall–Kier alpha value is -7.58. The molecule has 12 rings (SSSR count). The number of nitrogens with zero attached hydrogens (tertiary/aromatic N) is 18. The van der Waals surface area contributed by atoms with Crippen LogP contribution < -0.4 is 20.0 Å². The Kier molecular flexibility index (Phi) is 39.0. The van der Waals surface area contributed by atoms with Crippen LogP contribution in [0.15, 0.2) is 92.6 Å². The van der Waals surface area contributed by atoms with Crippen molar-refractivity contribution in [3.8, 4) is 34.6 Å². The van der Waals surface area contributed by atoms with Crippen LogP contribution >= 0.6 is 0 Å². The van der Waals surface area contributed by atoms with Gasteiger partial charge in [-0.15, -0.1) is 0 Å². The number of hydrogen-bond donors (Lipinski definition) is 1. The van der Waals surface area contributed by atoms with Gasteiger partial charge in [0.1, 0.15) is 34.5 Å². The average Bonchev–Trinajstić information content (AvgIpc) is 4.29. The van der Waals surface area contributed by atoms with Crippen LogP contribution in [0.4, 0.5) is 17.5 Å². The first-order valence-electron chi connectivity index (χ1n) is 31.4. The van der Waals surface area contributed by atoms with Crippen molar-refractivity contribution in [3.05, 3.63) is 110 Å². The molecular weight excluding hydrogens is 1050 g/mol. The molecule has 3 aliphatic heterocycles. The van der Waals surface area contributed by atoms with E-state index in [-0.39, 0.29) is 0 Å². The summed E-state index contributed by atoms with van der Waals surface area (Å²) in [7, 11) is 0. The van der Waals surface area contributed by atoms with E-state index in [2.05, 4.69) is 64.9 Å². The highest BCUT2D eigenvalue weighted by atomic mass is 16.5. The van der Waals surface area contributed by atoms with E-state index in [1.165, 1.54) is 19.3 Å². The van der Waals surface area contributed by atoms with Crippen LogP contribution in [0, 0.1) is 20.8 Å². The number of anilines is 3. The van der Waals surface area contributed by atoms with Gasteiger partial charge in [0.15, 0.2) is 34.4 Å². The quantitative estimate of drug-likeness (QED) is 0.165. The third-order valence-corrected chi connectivity index (χ3v) is 11.8. The molecule has 0 spiro atoms. The largest absolute Gasteiger partial charge is 0.378 e. The van der Waals surface area contributed by atoms with Gasteiger partial charge in [-0.2, -0.15) is 0 Å². The van der Waals surface area contributed by atoms with E-state index in [1.54, 1.807) is 43.4 Å². The topological polar surface area (TPSA) is 199 Å². The van der Waals surface area contributed by atoms with Crippen LogP contribution in [-0.2, 0) is 4.74 Å². The second-order valence-corrected chi connectivity index (χ2v) is 16.2. The van der Waals surface area contributed by atoms with Gasteiger partial charge in [0.2, 0.25) is 0 Å². The number of nitrogens with one attached hydrogen (secondary N) is 1. The molecule has 0 atom stereocenters. The van der Waals surface area contributed by atoms with E-state index in [9.17, 15) is 0 Å². The third kappa shape index (κ3) is 20.6. The lowest BCUT2D eigenvalue weighted by Crippen LogP contribution is -2.43. The second-order valence-electron chi connectivity index (χ2n) is 16.2. The van der Waals surface area contributed by atoms with Gasteiger partial charge in [0.05, 0.1) is 48.9 Å². The van der Waals surface area contributed by atoms with E-state index in [0.29, 0.717) is 11.6 Å². The van der Waals surface area contributed by atoms with E-state index in [1.807, 2.05) is 208 Å². The fourth-order valence-corrected chi connectivity index (χ4v) is 8.61. The number of piperidine rings is 1. The molecule has 0 radical (unpaired) electrons. The number of piperazine rings is 1. The van der Waals surface area contributed by atoms with Crippen molar-refractivity contribution in [3.63, 3.8) is 0 Å². The number of hydrogen-bond acceptors (Lipinski definition) is 17. The molecule has 20 heteroatoms. The average molecular weight is 1160 g/mol. The number of fused-ring (bicyclic) bond motifs is 3. The number of ether oxygens (including phenoxy) is 1. The Bertz CT molecular complexity index is 2750. The maximum absolute atomic E-state index is 5.39. The summed E-state index contributed by atoms with van der Waals surface area (Å²) in [5.74, 6) is 5.01. The fourth-order valence-electron chi connectivity index (χ4n) is 8.61. The molecule has 9 aromatic rings. The molecule has 9 aromatic heterocycles. The highest BCUT2D eigenvalue weighted by Crippen LogP contribution is 2.27. The normalized spacial score (nSPS) is 12.8. The minimum Gasteiger partial charge on any atom is -0.378 e. The molecule has 3 aliphatic rings. The summed E-state index contributed by atoms with van der Waals surface area (Å²) in [5.41, 5.74) is 7.93. The Morgan fingerprint density at radius 3 is 0.976 bits per heavy atom. The van der Waals surface area contributed by atoms with Crippen LogP contribution in [0.2, 0.25) is 0 Å². The molecular formula is C64H105N19O. The molecule has 0 aromatic carbocycles. The molecule has 0 bridgehead atoms. The Labute approximate surface area is 504 Å². The number of aromatic nitrogens is 15. The smallest absolute Gasteiger partial charge is 0.180 e. The summed E-state index contributed by atoms with van der Waals surface area (Å²) in [4.78, 5) is 60.4. The van der Waals surface area contributed by atoms with Crippen molar-refractivity contribution in [2.75, 3.05) is 80.3 Å². The van der Waals surface area contributed by atoms with Crippen molar-refractivity contribution in [2.45, 2.75) is 165 Å². The number of morpholine rings is 1. The number of aryl methyl sites for hydroxylation is 3. The first-order valence-corrected chi connectivity index (χ1v) is 31.4. The van der Waals surface area contributed by atoms with Gasteiger partial charge in [0, 0.05) is 108 Å². The second kappa shape index (κ2) is 44.0. The predicted molar refractivity (Wildman–Crippen MR) is 353 cm³/mol. The van der Waals surface area contributed by atoms with Crippen molar-refractivity contribution in [2.24, 2.45) is 0 Å². The van der Waals surface area contributed by atoms with E-state index >= 15 is 0 Å². The zero-order valence-corrected chi connectivity index (χ0v) is 55.3. The summed E-state index contributed by atoms with van der Waals surface area (Å²) in [6.07, 6.45) is 25.4. The zero-order chi connectivity index (χ0) is 62.8. The molecule has 12 heterocycles. The van der Waals surface area contributed by atoms with Crippen LogP contribution in [-0.4, -0.2) is 139 Å². The molecule has 462 valence electrons. The van der Waals surface area contributed by atoms with Gasteiger partial charge in [-0.3, -0.25) is 28.2 Å². The summed E-state index contributed by atoms with van der Waals surface area (Å²) < 4.78 is 11.4. The molecule has 0 unspecified atom stereocenters. The van der Waals surface area contributed by atoms with Crippen LogP contribution in [0.25, 0.3) is 51.5 Å². The molecule has 3 saturated heterocycles. The summed E-state index contributed by atoms with van der Waals surface area (Å²) in [5, 5.41) is 3.35. The van der Waals surface area contributed by atoms with E-state index in [0.717, 1.165) is 140 Å². The third-order valence-electron chi connectivity index (χ3n) is 11.8. The van der Waals surface area contributed by atoms with Crippen molar-refractivity contribution >= 4 is 34.4 Å². The first kappa shape index (κ1) is 74.4. The fraction of sp³-hybridized carbons (Fsp3) is 0.531. The van der Waals surface area contributed by atoms with E-state index in [4.69, 9.17) is 19.7 Å². The summed E-state index contributed by atoms with van der Waals surface area (Å²) >= 11 is 0. The highest BCUT2D eigenvalue weighted by molar-refractivity contribution is 5.64. The van der Waals surface area contributed by atoms with Crippen molar-refractivity contribution in [1.82, 2.24) is 78.3 Å². The number of rotatable bonds is 6. The van der Waals surface area contributed by atoms with Gasteiger partial charge in [-0.1, -0.05) is 125 Å². The van der Waals surface area contributed by atoms with E-state index < -0.39 is 0 Å². The lowest BCUT2D eigenvalue weighted by Gasteiger charge is -2.28. The Balaban J connectivity index is 0.000000554. The Morgan fingerprint density at radius 1 is 0.357 bits per heavy atom. The standard InChI is InChI=1S/C16H18N6.C15H17N7.C15H16N6O.9C2H6/c1-12-15(22-10-7-17-11-14(22)19-12)16-18-6-5-13(20-16)21-8-3-2-4-9-21;1-11-14(22-9-6-17-10-13(22)19-11)15-18-3-2-12(20-15)21-7-4-16-5-8-21;1-11-14(21-5-4-16-10-13(21)18-11)15-17-3-2-12(19-15)20-6-8-22-9-7-20;9*1-2/h5-7,10-11H,2-4,8-9H2,1H3;2-3,6,9-10,16H,4-5,7-8H2,1H3;2-5,10H,6-9H2,1H3;9*1-2H3. The maximum Gasteiger partial charge on any atom is 0.180 e. The molecule has 0 aliphatic carbocycles. The molecule has 84 heavy (non-hydrogen) atoms. The van der Waals surface area contributed by atoms with Crippen LogP contribution in [0.1, 0.15) is 161 Å².